The lowest BCUT2D eigenvalue weighted by atomic mass is 9.91. The normalized spacial score (nSPS) is 23.5. The van der Waals surface area contributed by atoms with Crippen LogP contribution in [0, 0.1) is 0 Å². The van der Waals surface area contributed by atoms with Gasteiger partial charge in [-0.25, -0.2) is 4.98 Å². The summed E-state index contributed by atoms with van der Waals surface area (Å²) in [6.45, 7) is 14.0. The third kappa shape index (κ3) is 4.05. The van der Waals surface area contributed by atoms with Gasteiger partial charge in [0.05, 0.1) is 5.69 Å². The average molecular weight is 311 g/mol. The molecule has 1 aliphatic heterocycles. The number of hydrogen-bond donors (Lipinski definition) is 1. The highest BCUT2D eigenvalue weighted by Crippen LogP contribution is 2.40. The Morgan fingerprint density at radius 1 is 1.33 bits per heavy atom. The zero-order valence-electron chi connectivity index (χ0n) is 14.2. The Morgan fingerprint density at radius 2 is 2.10 bits per heavy atom. The first-order valence-corrected chi connectivity index (χ1v) is 9.04. The van der Waals surface area contributed by atoms with Crippen molar-refractivity contribution >= 4 is 11.3 Å². The quantitative estimate of drug-likeness (QED) is 0.821. The molecule has 1 aromatic heterocycles. The second kappa shape index (κ2) is 6.76. The fourth-order valence-electron chi connectivity index (χ4n) is 2.77. The second-order valence-corrected chi connectivity index (χ2v) is 8.34. The SMILES string of the molecule is CCCNCc1sc(C2(C)CCCCO2)nc1C(C)(C)C. The Balaban J connectivity index is 2.26. The van der Waals surface area contributed by atoms with Crippen molar-refractivity contribution in [2.24, 2.45) is 0 Å². The molecule has 0 aromatic carbocycles. The molecule has 0 saturated carbocycles. The maximum Gasteiger partial charge on any atom is 0.125 e. The van der Waals surface area contributed by atoms with Gasteiger partial charge in [-0.15, -0.1) is 11.3 Å². The molecule has 1 saturated heterocycles. The van der Waals surface area contributed by atoms with Crippen LogP contribution in [-0.2, 0) is 22.3 Å². The largest absolute Gasteiger partial charge is 0.368 e. The molecule has 0 amide bonds. The summed E-state index contributed by atoms with van der Waals surface area (Å²) in [6.07, 6.45) is 4.67. The highest BCUT2D eigenvalue weighted by Gasteiger charge is 2.35. The lowest BCUT2D eigenvalue weighted by Gasteiger charge is -2.32. The van der Waals surface area contributed by atoms with Gasteiger partial charge in [0.1, 0.15) is 10.6 Å². The van der Waals surface area contributed by atoms with Crippen LogP contribution in [0.1, 0.15) is 75.9 Å². The van der Waals surface area contributed by atoms with Gasteiger partial charge < -0.3 is 10.1 Å². The van der Waals surface area contributed by atoms with E-state index in [1.54, 1.807) is 0 Å². The van der Waals surface area contributed by atoms with Crippen LogP contribution in [0.2, 0.25) is 0 Å². The Hall–Kier alpha value is -0.450. The van der Waals surface area contributed by atoms with Gasteiger partial charge in [-0.1, -0.05) is 27.7 Å². The third-order valence-electron chi connectivity index (χ3n) is 4.04. The summed E-state index contributed by atoms with van der Waals surface area (Å²) in [5.41, 5.74) is 1.15. The number of ether oxygens (including phenoxy) is 1. The van der Waals surface area contributed by atoms with E-state index in [1.807, 2.05) is 11.3 Å². The number of rotatable bonds is 5. The van der Waals surface area contributed by atoms with E-state index in [0.29, 0.717) is 0 Å². The lowest BCUT2D eigenvalue weighted by molar-refractivity contribution is -0.0703. The minimum absolute atomic E-state index is 0.0863. The number of thiazole rings is 1. The third-order valence-corrected chi connectivity index (χ3v) is 5.34. The van der Waals surface area contributed by atoms with Crippen LogP contribution in [0.5, 0.6) is 0 Å². The van der Waals surface area contributed by atoms with E-state index in [0.717, 1.165) is 32.5 Å². The molecule has 2 rings (SSSR count). The van der Waals surface area contributed by atoms with Crippen molar-refractivity contribution in [3.63, 3.8) is 0 Å². The molecule has 4 heteroatoms. The standard InChI is InChI=1S/C17H30N2OS/c1-6-10-18-12-13-14(16(2,3)4)19-15(21-13)17(5)9-7-8-11-20-17/h18H,6-12H2,1-5H3. The lowest BCUT2D eigenvalue weighted by Crippen LogP contribution is -2.30. The smallest absolute Gasteiger partial charge is 0.125 e. The van der Waals surface area contributed by atoms with E-state index < -0.39 is 0 Å². The Bertz CT molecular complexity index is 456. The fourth-order valence-corrected chi connectivity index (χ4v) is 4.14. The predicted octanol–water partition coefficient (Wildman–Crippen LogP) is 4.36. The van der Waals surface area contributed by atoms with Crippen molar-refractivity contribution in [2.45, 2.75) is 77.9 Å². The second-order valence-electron chi connectivity index (χ2n) is 7.25. The summed E-state index contributed by atoms with van der Waals surface area (Å²) in [5, 5.41) is 4.69. The van der Waals surface area contributed by atoms with Gasteiger partial charge in [-0.05, 0) is 39.2 Å². The first kappa shape index (κ1) is 16.9. The molecule has 1 N–H and O–H groups in total. The van der Waals surface area contributed by atoms with Crippen LogP contribution < -0.4 is 5.32 Å². The molecule has 21 heavy (non-hydrogen) atoms. The van der Waals surface area contributed by atoms with Crippen molar-refractivity contribution in [3.8, 4) is 0 Å². The average Bonchev–Trinajstić information content (AvgIpc) is 2.85. The molecule has 0 bridgehead atoms. The van der Waals surface area contributed by atoms with Crippen LogP contribution in [-0.4, -0.2) is 18.1 Å². The summed E-state index contributed by atoms with van der Waals surface area (Å²) in [4.78, 5) is 6.39. The molecule has 2 heterocycles. The van der Waals surface area contributed by atoms with E-state index in [4.69, 9.17) is 9.72 Å². The van der Waals surface area contributed by atoms with Crippen molar-refractivity contribution in [1.82, 2.24) is 10.3 Å². The predicted molar refractivity (Wildman–Crippen MR) is 90.0 cm³/mol. The van der Waals surface area contributed by atoms with E-state index in [-0.39, 0.29) is 11.0 Å². The van der Waals surface area contributed by atoms with Crippen LogP contribution in [0.4, 0.5) is 0 Å². The van der Waals surface area contributed by atoms with Crippen molar-refractivity contribution in [2.75, 3.05) is 13.2 Å². The van der Waals surface area contributed by atoms with Gasteiger partial charge in [-0.3, -0.25) is 0 Å². The van der Waals surface area contributed by atoms with E-state index >= 15 is 0 Å². The minimum Gasteiger partial charge on any atom is -0.368 e. The summed E-state index contributed by atoms with van der Waals surface area (Å²) in [5.74, 6) is 0. The molecule has 0 aliphatic carbocycles. The first-order valence-electron chi connectivity index (χ1n) is 8.22. The zero-order chi connectivity index (χ0) is 15.5. The fraction of sp³-hybridized carbons (Fsp3) is 0.824. The van der Waals surface area contributed by atoms with Gasteiger partial charge in [0.15, 0.2) is 0 Å². The molecule has 3 nitrogen and oxygen atoms in total. The monoisotopic (exact) mass is 310 g/mol. The number of nitrogens with zero attached hydrogens (tertiary/aromatic N) is 1. The molecule has 1 aromatic rings. The maximum absolute atomic E-state index is 6.09. The first-order chi connectivity index (χ1) is 9.87. The van der Waals surface area contributed by atoms with Gasteiger partial charge in [-0.2, -0.15) is 0 Å². The Kier molecular flexibility index (Phi) is 5.44. The Morgan fingerprint density at radius 3 is 2.67 bits per heavy atom. The molecule has 1 aliphatic rings. The maximum atomic E-state index is 6.09. The topological polar surface area (TPSA) is 34.1 Å². The highest BCUT2D eigenvalue weighted by atomic mass is 32.1. The molecule has 120 valence electrons. The van der Waals surface area contributed by atoms with Gasteiger partial charge in [0.25, 0.3) is 0 Å². The Labute approximate surface area is 133 Å². The highest BCUT2D eigenvalue weighted by molar-refractivity contribution is 7.11. The molecule has 0 spiro atoms. The number of nitrogens with one attached hydrogen (secondary N) is 1. The van der Waals surface area contributed by atoms with Gasteiger partial charge in [0, 0.05) is 23.4 Å². The van der Waals surface area contributed by atoms with Crippen molar-refractivity contribution < 1.29 is 4.74 Å². The van der Waals surface area contributed by atoms with Gasteiger partial charge >= 0.3 is 0 Å². The molecule has 1 unspecified atom stereocenters. The molecule has 1 fully saturated rings. The molecular formula is C17H30N2OS. The van der Waals surface area contributed by atoms with Gasteiger partial charge in [0.2, 0.25) is 0 Å². The minimum atomic E-state index is -0.175. The van der Waals surface area contributed by atoms with E-state index in [1.165, 1.54) is 28.4 Å². The summed E-state index contributed by atoms with van der Waals surface area (Å²) in [6, 6.07) is 0. The van der Waals surface area contributed by atoms with Crippen LogP contribution in [0.15, 0.2) is 0 Å². The number of hydrogen-bond acceptors (Lipinski definition) is 4. The summed E-state index contributed by atoms with van der Waals surface area (Å²) >= 11 is 1.84. The zero-order valence-corrected chi connectivity index (χ0v) is 15.0. The number of aromatic nitrogens is 1. The van der Waals surface area contributed by atoms with Crippen LogP contribution >= 0.6 is 11.3 Å². The van der Waals surface area contributed by atoms with Crippen LogP contribution in [0.25, 0.3) is 0 Å². The summed E-state index contributed by atoms with van der Waals surface area (Å²) in [7, 11) is 0. The van der Waals surface area contributed by atoms with Crippen LogP contribution in [0.3, 0.4) is 0 Å². The van der Waals surface area contributed by atoms with Crippen molar-refractivity contribution in [3.05, 3.63) is 15.6 Å². The summed E-state index contributed by atoms with van der Waals surface area (Å²) < 4.78 is 6.09. The molecule has 0 radical (unpaired) electrons. The van der Waals surface area contributed by atoms with E-state index in [2.05, 4.69) is 39.9 Å². The van der Waals surface area contributed by atoms with Crippen molar-refractivity contribution in [1.29, 1.82) is 0 Å². The molecular weight excluding hydrogens is 280 g/mol. The molecule has 1 atom stereocenters. The van der Waals surface area contributed by atoms with E-state index in [9.17, 15) is 0 Å².